The minimum absolute atomic E-state index is 0.218. The highest BCUT2D eigenvalue weighted by atomic mass is 35.5. The van der Waals surface area contributed by atoms with Crippen molar-refractivity contribution in [3.8, 4) is 0 Å². The quantitative estimate of drug-likeness (QED) is 0.721. The second-order valence-electron chi connectivity index (χ2n) is 4.34. The Morgan fingerprint density at radius 3 is 2.55 bits per heavy atom. The standard InChI is InChI=1S/C15H11Cl2N3/c16-11-6-7-13-12(8-11)14(20-15(17)19-13)18-9-10-4-2-1-3-5-10/h1-8H,9H2,(H,18,19,20). The van der Waals surface area contributed by atoms with Gasteiger partial charge in [0, 0.05) is 17.0 Å². The minimum Gasteiger partial charge on any atom is -0.365 e. The molecule has 1 aromatic heterocycles. The number of fused-ring (bicyclic) bond motifs is 1. The summed E-state index contributed by atoms with van der Waals surface area (Å²) in [7, 11) is 0. The fourth-order valence-corrected chi connectivity index (χ4v) is 2.34. The first-order chi connectivity index (χ1) is 9.72. The summed E-state index contributed by atoms with van der Waals surface area (Å²) >= 11 is 12.0. The van der Waals surface area contributed by atoms with E-state index in [1.165, 1.54) is 0 Å². The highest BCUT2D eigenvalue weighted by Gasteiger charge is 2.07. The molecule has 0 aliphatic heterocycles. The lowest BCUT2D eigenvalue weighted by molar-refractivity contribution is 1.10. The van der Waals surface area contributed by atoms with E-state index < -0.39 is 0 Å². The van der Waals surface area contributed by atoms with Crippen molar-refractivity contribution >= 4 is 39.9 Å². The van der Waals surface area contributed by atoms with Gasteiger partial charge >= 0.3 is 0 Å². The van der Waals surface area contributed by atoms with E-state index in [0.717, 1.165) is 16.5 Å². The van der Waals surface area contributed by atoms with Crippen LogP contribution in [-0.2, 0) is 6.54 Å². The number of hydrogen-bond donors (Lipinski definition) is 1. The fraction of sp³-hybridized carbons (Fsp3) is 0.0667. The third-order valence-electron chi connectivity index (χ3n) is 2.93. The van der Waals surface area contributed by atoms with Gasteiger partial charge in [-0.1, -0.05) is 41.9 Å². The summed E-state index contributed by atoms with van der Waals surface area (Å²) in [5.41, 5.74) is 1.93. The summed E-state index contributed by atoms with van der Waals surface area (Å²) in [6.45, 7) is 0.662. The fourth-order valence-electron chi connectivity index (χ4n) is 1.99. The molecule has 100 valence electrons. The number of anilines is 1. The predicted molar refractivity (Wildman–Crippen MR) is 83.3 cm³/mol. The number of hydrogen-bond acceptors (Lipinski definition) is 3. The molecule has 0 atom stereocenters. The lowest BCUT2D eigenvalue weighted by Gasteiger charge is -2.09. The summed E-state index contributed by atoms with van der Waals surface area (Å²) in [4.78, 5) is 8.43. The molecule has 0 aliphatic carbocycles. The van der Waals surface area contributed by atoms with E-state index >= 15 is 0 Å². The molecule has 0 saturated carbocycles. The van der Waals surface area contributed by atoms with Crippen LogP contribution in [0.15, 0.2) is 48.5 Å². The average molecular weight is 304 g/mol. The Kier molecular flexibility index (Phi) is 3.72. The van der Waals surface area contributed by atoms with Crippen LogP contribution in [0.2, 0.25) is 10.3 Å². The van der Waals surface area contributed by atoms with Gasteiger partial charge in [0.1, 0.15) is 5.82 Å². The van der Waals surface area contributed by atoms with Crippen LogP contribution in [0.1, 0.15) is 5.56 Å². The summed E-state index contributed by atoms with van der Waals surface area (Å²) < 4.78 is 0. The van der Waals surface area contributed by atoms with Crippen molar-refractivity contribution in [2.24, 2.45) is 0 Å². The smallest absolute Gasteiger partial charge is 0.224 e. The summed E-state index contributed by atoms with van der Waals surface area (Å²) in [5.74, 6) is 0.686. The number of nitrogens with zero attached hydrogens (tertiary/aromatic N) is 2. The predicted octanol–water partition coefficient (Wildman–Crippen LogP) is 4.55. The minimum atomic E-state index is 0.218. The van der Waals surface area contributed by atoms with Gasteiger partial charge in [-0.2, -0.15) is 0 Å². The van der Waals surface area contributed by atoms with Crippen LogP contribution < -0.4 is 5.32 Å². The van der Waals surface area contributed by atoms with Gasteiger partial charge in [-0.25, -0.2) is 9.97 Å². The molecule has 0 saturated heterocycles. The zero-order valence-corrected chi connectivity index (χ0v) is 12.0. The maximum Gasteiger partial charge on any atom is 0.224 e. The molecule has 0 unspecified atom stereocenters. The SMILES string of the molecule is Clc1ccc2nc(Cl)nc(NCc3ccccc3)c2c1. The highest BCUT2D eigenvalue weighted by molar-refractivity contribution is 6.31. The van der Waals surface area contributed by atoms with Crippen molar-refractivity contribution in [1.82, 2.24) is 9.97 Å². The Balaban J connectivity index is 1.96. The van der Waals surface area contributed by atoms with Gasteiger partial charge in [-0.05, 0) is 35.4 Å². The molecule has 0 radical (unpaired) electrons. The molecule has 3 rings (SSSR count). The normalized spacial score (nSPS) is 10.7. The zero-order chi connectivity index (χ0) is 13.9. The molecule has 5 heteroatoms. The van der Waals surface area contributed by atoms with Gasteiger partial charge in [-0.15, -0.1) is 0 Å². The Hall–Kier alpha value is -1.84. The van der Waals surface area contributed by atoms with Crippen molar-refractivity contribution in [3.63, 3.8) is 0 Å². The van der Waals surface area contributed by atoms with Crippen LogP contribution >= 0.6 is 23.2 Å². The first-order valence-corrected chi connectivity index (χ1v) is 6.88. The zero-order valence-electron chi connectivity index (χ0n) is 10.5. The van der Waals surface area contributed by atoms with Crippen molar-refractivity contribution in [2.45, 2.75) is 6.54 Å². The summed E-state index contributed by atoms with van der Waals surface area (Å²) in [6.07, 6.45) is 0. The second kappa shape index (κ2) is 5.65. The van der Waals surface area contributed by atoms with E-state index in [4.69, 9.17) is 23.2 Å². The van der Waals surface area contributed by atoms with E-state index in [1.54, 1.807) is 6.07 Å². The second-order valence-corrected chi connectivity index (χ2v) is 5.12. The number of benzene rings is 2. The first-order valence-electron chi connectivity index (χ1n) is 6.13. The molecular formula is C15H11Cl2N3. The van der Waals surface area contributed by atoms with Crippen LogP contribution in [0.4, 0.5) is 5.82 Å². The highest BCUT2D eigenvalue weighted by Crippen LogP contribution is 2.25. The van der Waals surface area contributed by atoms with Gasteiger partial charge in [0.15, 0.2) is 0 Å². The van der Waals surface area contributed by atoms with E-state index in [1.807, 2.05) is 42.5 Å². The van der Waals surface area contributed by atoms with Crippen LogP contribution in [0.5, 0.6) is 0 Å². The largest absolute Gasteiger partial charge is 0.365 e. The van der Waals surface area contributed by atoms with Crippen molar-refractivity contribution in [3.05, 3.63) is 64.4 Å². The number of aromatic nitrogens is 2. The van der Waals surface area contributed by atoms with E-state index in [0.29, 0.717) is 17.4 Å². The molecule has 0 bridgehead atoms. The van der Waals surface area contributed by atoms with Crippen molar-refractivity contribution in [1.29, 1.82) is 0 Å². The molecule has 0 amide bonds. The van der Waals surface area contributed by atoms with Crippen molar-refractivity contribution < 1.29 is 0 Å². The average Bonchev–Trinajstić information content (AvgIpc) is 2.46. The topological polar surface area (TPSA) is 37.8 Å². The van der Waals surface area contributed by atoms with Gasteiger partial charge in [-0.3, -0.25) is 0 Å². The van der Waals surface area contributed by atoms with Crippen LogP contribution in [0.3, 0.4) is 0 Å². The van der Waals surface area contributed by atoms with Crippen LogP contribution in [0.25, 0.3) is 10.9 Å². The number of halogens is 2. The van der Waals surface area contributed by atoms with Crippen molar-refractivity contribution in [2.75, 3.05) is 5.32 Å². The van der Waals surface area contributed by atoms with Crippen LogP contribution in [-0.4, -0.2) is 9.97 Å². The van der Waals surface area contributed by atoms with Gasteiger partial charge in [0.2, 0.25) is 5.28 Å². The maximum absolute atomic E-state index is 6.03. The summed E-state index contributed by atoms with van der Waals surface area (Å²) in [5, 5.41) is 5.00. The Bertz CT molecular complexity index is 745. The molecule has 2 aromatic carbocycles. The molecule has 0 aliphatic rings. The lowest BCUT2D eigenvalue weighted by atomic mass is 10.2. The molecule has 3 nitrogen and oxygen atoms in total. The number of rotatable bonds is 3. The lowest BCUT2D eigenvalue weighted by Crippen LogP contribution is -2.03. The van der Waals surface area contributed by atoms with Gasteiger partial charge < -0.3 is 5.32 Å². The molecular weight excluding hydrogens is 293 g/mol. The molecule has 0 spiro atoms. The molecule has 0 fully saturated rings. The first kappa shape index (κ1) is 13.2. The third kappa shape index (κ3) is 2.84. The van der Waals surface area contributed by atoms with E-state index in [2.05, 4.69) is 15.3 Å². The molecule has 20 heavy (non-hydrogen) atoms. The maximum atomic E-state index is 6.03. The van der Waals surface area contributed by atoms with Crippen LogP contribution in [0, 0.1) is 0 Å². The monoisotopic (exact) mass is 303 g/mol. The molecule has 3 aromatic rings. The molecule has 1 heterocycles. The third-order valence-corrected chi connectivity index (χ3v) is 3.34. The number of nitrogens with one attached hydrogen (secondary N) is 1. The van der Waals surface area contributed by atoms with Gasteiger partial charge in [0.25, 0.3) is 0 Å². The van der Waals surface area contributed by atoms with E-state index in [-0.39, 0.29) is 5.28 Å². The van der Waals surface area contributed by atoms with E-state index in [9.17, 15) is 0 Å². The molecule has 1 N–H and O–H groups in total. The Morgan fingerprint density at radius 2 is 1.75 bits per heavy atom. The Labute approximate surface area is 126 Å². The van der Waals surface area contributed by atoms with Gasteiger partial charge in [0.05, 0.1) is 5.52 Å². The summed E-state index contributed by atoms with van der Waals surface area (Å²) in [6, 6.07) is 15.5. The Morgan fingerprint density at radius 1 is 0.950 bits per heavy atom.